The van der Waals surface area contributed by atoms with Gasteiger partial charge in [-0.15, -0.1) is 0 Å². The lowest BCUT2D eigenvalue weighted by atomic mass is 9.82. The van der Waals surface area contributed by atoms with E-state index in [1.165, 1.54) is 0 Å². The third kappa shape index (κ3) is 5.41. The van der Waals surface area contributed by atoms with E-state index in [0.29, 0.717) is 39.3 Å². The lowest BCUT2D eigenvalue weighted by Gasteiger charge is -2.41. The molecule has 31 heavy (non-hydrogen) atoms. The Balaban J connectivity index is 1.59. The van der Waals surface area contributed by atoms with E-state index in [4.69, 9.17) is 19.2 Å². The largest absolute Gasteiger partial charge is 0.508 e. The van der Waals surface area contributed by atoms with Crippen LogP contribution in [0.5, 0.6) is 0 Å². The highest BCUT2D eigenvalue weighted by Gasteiger charge is 2.51. The molecule has 0 aromatic carbocycles. The maximum absolute atomic E-state index is 11.7. The fraction of sp³-hybridized carbons (Fsp3) is 0.591. The predicted molar refractivity (Wildman–Crippen MR) is 119 cm³/mol. The molecule has 2 aliphatic heterocycles. The van der Waals surface area contributed by atoms with E-state index in [1.54, 1.807) is 25.5 Å². The quantitative estimate of drug-likeness (QED) is 0.542. The van der Waals surface area contributed by atoms with Gasteiger partial charge in [-0.05, 0) is 26.8 Å². The lowest BCUT2D eigenvalue weighted by molar-refractivity contribution is 0.0464. The average Bonchev–Trinajstić information content (AvgIpc) is 2.98. The van der Waals surface area contributed by atoms with Crippen LogP contribution < -0.4 is 5.32 Å². The number of methoxy groups -OCH3 is 1. The van der Waals surface area contributed by atoms with E-state index < -0.39 is 17.2 Å². The molecule has 0 saturated heterocycles. The third-order valence-corrected chi connectivity index (χ3v) is 5.06. The van der Waals surface area contributed by atoms with E-state index in [0.717, 1.165) is 11.4 Å². The molecule has 0 radical (unpaired) electrons. The van der Waals surface area contributed by atoms with Crippen molar-refractivity contribution in [2.45, 2.75) is 44.5 Å². The summed E-state index contributed by atoms with van der Waals surface area (Å²) in [6.07, 6.45) is 9.18. The summed E-state index contributed by atoms with van der Waals surface area (Å²) in [7, 11) is 1.67. The molecule has 1 spiro atoms. The van der Waals surface area contributed by atoms with Gasteiger partial charge in [0, 0.05) is 51.6 Å². The molecule has 0 aromatic rings. The maximum Gasteiger partial charge on any atom is 0.407 e. The summed E-state index contributed by atoms with van der Waals surface area (Å²) in [5.41, 5.74) is 0.361. The number of carbonyl (C=O) groups is 1. The topological polar surface area (TPSA) is 105 Å². The summed E-state index contributed by atoms with van der Waals surface area (Å²) in [4.78, 5) is 23.3. The van der Waals surface area contributed by atoms with E-state index >= 15 is 0 Å². The summed E-state index contributed by atoms with van der Waals surface area (Å²) in [6, 6.07) is 0. The summed E-state index contributed by atoms with van der Waals surface area (Å²) in [5, 5.41) is 12.8. The zero-order valence-electron chi connectivity index (χ0n) is 18.6. The second kappa shape index (κ2) is 9.76. The summed E-state index contributed by atoms with van der Waals surface area (Å²) in [6.45, 7) is 7.81. The Kier molecular flexibility index (Phi) is 7.30. The fourth-order valence-electron chi connectivity index (χ4n) is 3.85. The fourth-order valence-corrected chi connectivity index (χ4v) is 3.85. The molecule has 0 aromatic heterocycles. The highest BCUT2D eigenvalue weighted by Crippen LogP contribution is 2.41. The molecule has 2 unspecified atom stereocenters. The number of aliphatic hydroxyl groups excluding tert-OH is 1. The van der Waals surface area contributed by atoms with Gasteiger partial charge in [-0.25, -0.2) is 4.79 Å². The number of ether oxygens (including phenoxy) is 3. The molecule has 170 valence electrons. The normalized spacial score (nSPS) is 24.8. The van der Waals surface area contributed by atoms with Crippen molar-refractivity contribution < 1.29 is 24.1 Å². The van der Waals surface area contributed by atoms with Gasteiger partial charge in [0.2, 0.25) is 0 Å². The minimum absolute atomic E-state index is 0.123. The molecule has 3 aliphatic rings. The van der Waals surface area contributed by atoms with Crippen molar-refractivity contribution in [2.24, 2.45) is 9.98 Å². The first-order chi connectivity index (χ1) is 14.8. The molecule has 1 aliphatic carbocycles. The molecule has 9 heteroatoms. The van der Waals surface area contributed by atoms with Gasteiger partial charge in [0.1, 0.15) is 23.1 Å². The number of hydrogen-bond acceptors (Lipinski definition) is 8. The molecule has 9 nitrogen and oxygen atoms in total. The van der Waals surface area contributed by atoms with Crippen LogP contribution >= 0.6 is 0 Å². The number of nitrogens with zero attached hydrogens (tertiary/aromatic N) is 3. The van der Waals surface area contributed by atoms with Crippen molar-refractivity contribution in [1.29, 1.82) is 0 Å². The van der Waals surface area contributed by atoms with Crippen LogP contribution in [0.4, 0.5) is 4.79 Å². The number of carbonyl (C=O) groups excluding carboxylic acids is 1. The molecular formula is C22H32N4O5. The van der Waals surface area contributed by atoms with Crippen molar-refractivity contribution >= 4 is 18.0 Å². The Labute approximate surface area is 183 Å². The molecule has 2 atom stereocenters. The van der Waals surface area contributed by atoms with Crippen molar-refractivity contribution in [1.82, 2.24) is 10.2 Å². The van der Waals surface area contributed by atoms with Crippen molar-refractivity contribution in [3.63, 3.8) is 0 Å². The van der Waals surface area contributed by atoms with Gasteiger partial charge in [0.15, 0.2) is 0 Å². The minimum atomic E-state index is -0.614. The second-order valence-electron chi connectivity index (χ2n) is 8.51. The van der Waals surface area contributed by atoms with E-state index in [9.17, 15) is 9.90 Å². The number of aliphatic hydroxyl groups is 1. The number of nitrogens with one attached hydrogen (secondary N) is 1. The van der Waals surface area contributed by atoms with Gasteiger partial charge >= 0.3 is 6.09 Å². The highest BCUT2D eigenvalue weighted by atomic mass is 16.6. The van der Waals surface area contributed by atoms with Gasteiger partial charge in [0.25, 0.3) is 0 Å². The Morgan fingerprint density at radius 3 is 2.84 bits per heavy atom. The van der Waals surface area contributed by atoms with Crippen LogP contribution in [-0.2, 0) is 14.2 Å². The van der Waals surface area contributed by atoms with Crippen LogP contribution in [-0.4, -0.2) is 85.4 Å². The Morgan fingerprint density at radius 2 is 2.10 bits per heavy atom. The van der Waals surface area contributed by atoms with E-state index in [1.807, 2.05) is 26.8 Å². The zero-order valence-corrected chi connectivity index (χ0v) is 18.6. The molecule has 1 amide bonds. The molecule has 0 bridgehead atoms. The number of aliphatic imine (C=N–C) groups is 2. The number of hydrogen-bond donors (Lipinski definition) is 2. The Bertz CT molecular complexity index is 824. The number of allylic oxidation sites excluding steroid dienone is 2. The molecule has 0 saturated carbocycles. The monoisotopic (exact) mass is 432 g/mol. The molecular weight excluding hydrogens is 400 g/mol. The number of dihydropyridines is 1. The lowest BCUT2D eigenvalue weighted by Crippen LogP contribution is -2.55. The van der Waals surface area contributed by atoms with Gasteiger partial charge in [-0.2, -0.15) is 0 Å². The highest BCUT2D eigenvalue weighted by molar-refractivity contribution is 6.11. The van der Waals surface area contributed by atoms with Crippen LogP contribution in [0.15, 0.2) is 45.7 Å². The van der Waals surface area contributed by atoms with Gasteiger partial charge in [0.05, 0.1) is 24.6 Å². The Hall–Kier alpha value is -2.49. The molecule has 0 fully saturated rings. The van der Waals surface area contributed by atoms with Crippen molar-refractivity contribution in [3.05, 3.63) is 35.8 Å². The van der Waals surface area contributed by atoms with Crippen LogP contribution in [0.3, 0.4) is 0 Å². The average molecular weight is 433 g/mol. The van der Waals surface area contributed by atoms with E-state index in [2.05, 4.69) is 21.3 Å². The second-order valence-corrected chi connectivity index (χ2v) is 8.51. The van der Waals surface area contributed by atoms with Gasteiger partial charge in [-0.3, -0.25) is 14.9 Å². The molecule has 2 heterocycles. The first-order valence-corrected chi connectivity index (χ1v) is 10.5. The number of alkyl carbamates (subject to hydrolysis) is 1. The SMILES string of the molecule is COCCC1N=C2C=C(O)C=C3N=CC=CC32N1CCOCCNC(=O)OC(C)(C)C. The molecule has 2 N–H and O–H groups in total. The maximum atomic E-state index is 11.7. The smallest absolute Gasteiger partial charge is 0.407 e. The van der Waals surface area contributed by atoms with Gasteiger partial charge in [-0.1, -0.05) is 6.08 Å². The number of amides is 1. The zero-order chi connectivity index (χ0) is 22.5. The van der Waals surface area contributed by atoms with E-state index in [-0.39, 0.29) is 11.9 Å². The van der Waals surface area contributed by atoms with Crippen LogP contribution in [0, 0.1) is 0 Å². The van der Waals surface area contributed by atoms with Crippen molar-refractivity contribution in [2.75, 3.05) is 40.0 Å². The van der Waals surface area contributed by atoms with Crippen LogP contribution in [0.1, 0.15) is 27.2 Å². The summed E-state index contributed by atoms with van der Waals surface area (Å²) in [5.74, 6) is 0.147. The van der Waals surface area contributed by atoms with Gasteiger partial charge < -0.3 is 24.6 Å². The number of rotatable bonds is 9. The first-order valence-electron chi connectivity index (χ1n) is 10.5. The third-order valence-electron chi connectivity index (χ3n) is 5.06. The molecule has 3 rings (SSSR count). The standard InChI is InChI=1S/C22H32N4O5/c1-21(2,3)31-20(28)24-9-12-30-13-10-26-19(6-11-29-4)25-18-15-16(27)14-17-22(18,26)7-5-8-23-17/h5,7-8,14-15,19,27H,6,9-13H2,1-4H3,(H,24,28). The minimum Gasteiger partial charge on any atom is -0.508 e. The summed E-state index contributed by atoms with van der Waals surface area (Å²) < 4.78 is 16.2. The van der Waals surface area contributed by atoms with Crippen LogP contribution in [0.25, 0.3) is 0 Å². The Morgan fingerprint density at radius 1 is 1.29 bits per heavy atom. The predicted octanol–water partition coefficient (Wildman–Crippen LogP) is 2.37. The summed E-state index contributed by atoms with van der Waals surface area (Å²) >= 11 is 0. The van der Waals surface area contributed by atoms with Crippen LogP contribution in [0.2, 0.25) is 0 Å². The first kappa shape index (κ1) is 23.2. The van der Waals surface area contributed by atoms with Crippen molar-refractivity contribution in [3.8, 4) is 0 Å².